The van der Waals surface area contributed by atoms with Crippen LogP contribution in [-0.2, 0) is 0 Å². The molecule has 0 fully saturated rings. The second-order valence-electron chi connectivity index (χ2n) is 2.37. The Hall–Kier alpha value is -1.16. The van der Waals surface area contributed by atoms with E-state index in [-0.39, 0.29) is 11.7 Å². The van der Waals surface area contributed by atoms with Crippen molar-refractivity contribution in [3.8, 4) is 5.69 Å². The van der Waals surface area contributed by atoms with Gasteiger partial charge >= 0.3 is 0 Å². The Morgan fingerprint density at radius 2 is 2.54 bits per heavy atom. The Bertz CT molecular complexity index is 592. The maximum Gasteiger partial charge on any atom is 0.0863 e. The zero-order valence-electron chi connectivity index (χ0n) is 11.5. The van der Waals surface area contributed by atoms with Gasteiger partial charge in [0.1, 0.15) is 0 Å². The lowest BCUT2D eigenvalue weighted by atomic mass is 10.4. The van der Waals surface area contributed by atoms with E-state index in [0.717, 1.165) is 4.68 Å². The van der Waals surface area contributed by atoms with Gasteiger partial charge in [-0.15, -0.1) is 0 Å². The first-order valence-corrected chi connectivity index (χ1v) is 4.27. The molecule has 2 rings (SSSR count). The first kappa shape index (κ1) is 4.37. The fourth-order valence-electron chi connectivity index (χ4n) is 0.895. The summed E-state index contributed by atoms with van der Waals surface area (Å²) in [7, 11) is 0. The number of rotatable bonds is 1. The molecular weight excluding hydrogens is 230 g/mol. The van der Waals surface area contributed by atoms with E-state index < -0.39 is 13.0 Å². The molecule has 0 aliphatic heterocycles. The van der Waals surface area contributed by atoms with Crippen LogP contribution in [0.3, 0.4) is 0 Å². The van der Waals surface area contributed by atoms with Crippen molar-refractivity contribution >= 4 is 15.9 Å². The average molecular weight is 243 g/mol. The van der Waals surface area contributed by atoms with Gasteiger partial charge in [-0.1, -0.05) is 0 Å². The molecule has 2 aromatic rings. The van der Waals surface area contributed by atoms with Gasteiger partial charge in [-0.3, -0.25) is 4.98 Å². The standard InChI is InChI=1S/C9H8BrN3/c1-7-3-12-13(6-7)9-2-8(10)4-11-5-9/h2-6H,1H3/i1D3,3D,6D. The molecule has 0 aliphatic carbocycles. The van der Waals surface area contributed by atoms with Crippen LogP contribution in [0.25, 0.3) is 5.69 Å². The molecule has 0 amide bonds. The van der Waals surface area contributed by atoms with Crippen LogP contribution >= 0.6 is 15.9 Å². The van der Waals surface area contributed by atoms with E-state index in [1.54, 1.807) is 12.3 Å². The third-order valence-corrected chi connectivity index (χ3v) is 1.85. The largest absolute Gasteiger partial charge is 0.261 e. The van der Waals surface area contributed by atoms with Gasteiger partial charge in [0.15, 0.2) is 0 Å². The number of nitrogens with zero attached hydrogens (tertiary/aromatic N) is 3. The average Bonchev–Trinajstić information content (AvgIpc) is 2.53. The highest BCUT2D eigenvalue weighted by atomic mass is 79.9. The molecule has 0 saturated carbocycles. The maximum atomic E-state index is 7.81. The van der Waals surface area contributed by atoms with E-state index in [9.17, 15) is 0 Å². The summed E-state index contributed by atoms with van der Waals surface area (Å²) in [5.41, 5.74) is 0.0702. The van der Waals surface area contributed by atoms with Crippen LogP contribution in [-0.4, -0.2) is 14.8 Å². The summed E-state index contributed by atoms with van der Waals surface area (Å²) in [6, 6.07) is 1.64. The molecule has 13 heavy (non-hydrogen) atoms. The molecule has 4 heteroatoms. The van der Waals surface area contributed by atoms with Gasteiger partial charge in [-0.2, -0.15) is 5.10 Å². The molecule has 0 atom stereocenters. The van der Waals surface area contributed by atoms with Crippen molar-refractivity contribution in [3.63, 3.8) is 0 Å². The minimum Gasteiger partial charge on any atom is -0.261 e. The quantitative estimate of drug-likeness (QED) is 0.769. The Morgan fingerprint density at radius 1 is 1.62 bits per heavy atom. The van der Waals surface area contributed by atoms with Gasteiger partial charge < -0.3 is 0 Å². The molecule has 2 aromatic heterocycles. The lowest BCUT2D eigenvalue weighted by molar-refractivity contribution is 0.872. The van der Waals surface area contributed by atoms with Gasteiger partial charge in [0.2, 0.25) is 0 Å². The van der Waals surface area contributed by atoms with E-state index in [1.165, 1.54) is 6.20 Å². The molecule has 0 N–H and O–H groups in total. The lowest BCUT2D eigenvalue weighted by Crippen LogP contribution is -1.94. The predicted molar refractivity (Wildman–Crippen MR) is 53.8 cm³/mol. The van der Waals surface area contributed by atoms with Crippen LogP contribution in [0.1, 0.15) is 12.4 Å². The van der Waals surface area contributed by atoms with E-state index in [2.05, 4.69) is 26.0 Å². The van der Waals surface area contributed by atoms with Gasteiger partial charge in [-0.25, -0.2) is 4.68 Å². The summed E-state index contributed by atoms with van der Waals surface area (Å²) < 4.78 is 39.0. The third kappa shape index (κ3) is 1.78. The smallest absolute Gasteiger partial charge is 0.0863 e. The summed E-state index contributed by atoms with van der Waals surface area (Å²) in [4.78, 5) is 3.91. The van der Waals surface area contributed by atoms with E-state index in [1.807, 2.05) is 0 Å². The topological polar surface area (TPSA) is 30.7 Å². The third-order valence-electron chi connectivity index (χ3n) is 1.41. The van der Waals surface area contributed by atoms with Crippen molar-refractivity contribution in [3.05, 3.63) is 40.8 Å². The SMILES string of the molecule is [2H]c1nn(-c2cncc(Br)c2)c([2H])c1C([2H])([2H])[2H]. The molecule has 0 aliphatic rings. The van der Waals surface area contributed by atoms with E-state index >= 15 is 0 Å². The second-order valence-corrected chi connectivity index (χ2v) is 3.29. The van der Waals surface area contributed by atoms with Crippen molar-refractivity contribution in [2.24, 2.45) is 0 Å². The van der Waals surface area contributed by atoms with Crippen LogP contribution in [0.4, 0.5) is 0 Å². The zero-order chi connectivity index (χ0) is 13.5. The van der Waals surface area contributed by atoms with Crippen molar-refractivity contribution in [2.75, 3.05) is 0 Å². The first-order valence-electron chi connectivity index (χ1n) is 5.98. The Labute approximate surface area is 91.6 Å². The minimum atomic E-state index is -2.52. The predicted octanol–water partition coefficient (Wildman–Crippen LogP) is 2.34. The maximum absolute atomic E-state index is 7.81. The molecule has 3 nitrogen and oxygen atoms in total. The molecule has 0 bridgehead atoms. The summed E-state index contributed by atoms with van der Waals surface area (Å²) in [5.74, 6) is 0. The van der Waals surface area contributed by atoms with Crippen molar-refractivity contribution in [2.45, 2.75) is 6.85 Å². The monoisotopic (exact) mass is 242 g/mol. The summed E-state index contributed by atoms with van der Waals surface area (Å²) in [6.45, 7) is -2.52. The van der Waals surface area contributed by atoms with E-state index in [0.29, 0.717) is 10.2 Å². The van der Waals surface area contributed by atoms with Crippen LogP contribution in [0.5, 0.6) is 0 Å². The second kappa shape index (κ2) is 3.30. The van der Waals surface area contributed by atoms with E-state index in [4.69, 9.17) is 6.85 Å². The van der Waals surface area contributed by atoms with Crippen molar-refractivity contribution < 1.29 is 6.85 Å². The number of hydrogen-bond acceptors (Lipinski definition) is 2. The van der Waals surface area contributed by atoms with Gasteiger partial charge in [-0.05, 0) is 34.4 Å². The van der Waals surface area contributed by atoms with Crippen LogP contribution in [0, 0.1) is 6.85 Å². The lowest BCUT2D eigenvalue weighted by Gasteiger charge is -1.99. The molecule has 0 saturated heterocycles. The van der Waals surface area contributed by atoms with Crippen LogP contribution in [0.15, 0.2) is 35.3 Å². The number of aromatic nitrogens is 3. The summed E-state index contributed by atoms with van der Waals surface area (Å²) >= 11 is 3.23. The number of pyridine rings is 1. The van der Waals surface area contributed by atoms with Crippen molar-refractivity contribution in [1.82, 2.24) is 14.8 Å². The fourth-order valence-corrected chi connectivity index (χ4v) is 1.25. The Kier molecular flexibility index (Phi) is 1.11. The fraction of sp³-hybridized carbons (Fsp3) is 0.111. The Balaban J connectivity index is 2.61. The number of hydrogen-bond donors (Lipinski definition) is 0. The van der Waals surface area contributed by atoms with Crippen LogP contribution < -0.4 is 0 Å². The van der Waals surface area contributed by atoms with Gasteiger partial charge in [0, 0.05) is 21.0 Å². The molecular formula is C9H8BrN3. The molecule has 0 unspecified atom stereocenters. The summed E-state index contributed by atoms with van der Waals surface area (Å²) in [5, 5.41) is 3.76. The normalized spacial score (nSPS) is 16.8. The highest BCUT2D eigenvalue weighted by Gasteiger charge is 1.98. The Morgan fingerprint density at radius 3 is 3.23 bits per heavy atom. The summed E-state index contributed by atoms with van der Waals surface area (Å²) in [6.07, 6.45) is 2.27. The molecule has 0 spiro atoms. The molecule has 0 radical (unpaired) electrons. The van der Waals surface area contributed by atoms with Gasteiger partial charge in [0.05, 0.1) is 20.8 Å². The highest BCUT2D eigenvalue weighted by Crippen LogP contribution is 2.12. The molecule has 0 aromatic carbocycles. The molecule has 66 valence electrons. The number of halogens is 1. The zero-order valence-corrected chi connectivity index (χ0v) is 8.04. The highest BCUT2D eigenvalue weighted by molar-refractivity contribution is 9.10. The van der Waals surface area contributed by atoms with Gasteiger partial charge in [0.25, 0.3) is 0 Å². The van der Waals surface area contributed by atoms with Crippen LogP contribution in [0.2, 0.25) is 0 Å². The minimum absolute atomic E-state index is 0.320. The first-order chi connectivity index (χ1) is 8.30. The van der Waals surface area contributed by atoms with Crippen molar-refractivity contribution in [1.29, 1.82) is 0 Å². The molecule has 2 heterocycles.